The fraction of sp³-hybridized carbons (Fsp3) is 0.917. The van der Waals surface area contributed by atoms with Crippen LogP contribution in [0.5, 0.6) is 0 Å². The smallest absolute Gasteiger partial charge is 0.188 e. The van der Waals surface area contributed by atoms with Crippen LogP contribution in [0.1, 0.15) is 40.0 Å². The van der Waals surface area contributed by atoms with Gasteiger partial charge in [0.25, 0.3) is 0 Å². The lowest BCUT2D eigenvalue weighted by atomic mass is 9.91. The van der Waals surface area contributed by atoms with E-state index in [1.54, 1.807) is 0 Å². The van der Waals surface area contributed by atoms with Gasteiger partial charge in [-0.25, -0.2) is 0 Å². The molecule has 0 amide bonds. The van der Waals surface area contributed by atoms with Gasteiger partial charge in [0.2, 0.25) is 0 Å². The molecule has 3 N–H and O–H groups in total. The number of nitrogens with zero attached hydrogens (tertiary/aromatic N) is 1. The second-order valence-electron chi connectivity index (χ2n) is 5.24. The van der Waals surface area contributed by atoms with E-state index in [0.29, 0.717) is 12.1 Å². The molecule has 0 bridgehead atoms. The largest absolute Gasteiger partial charge is 0.376 e. The van der Waals surface area contributed by atoms with Crippen molar-refractivity contribution in [2.75, 3.05) is 19.7 Å². The number of ether oxygens (including phenoxy) is 1. The lowest BCUT2D eigenvalue weighted by Crippen LogP contribution is -2.38. The standard InChI is InChI=1S/C12H25N3O/c1-4-12(2,3)9-15-11(13)14-8-10-6-5-7-16-10/h10H,4-9H2,1-3H3,(H3,13,14,15). The van der Waals surface area contributed by atoms with Crippen LogP contribution >= 0.6 is 0 Å². The third kappa shape index (κ3) is 4.84. The molecular formula is C12H25N3O. The summed E-state index contributed by atoms with van der Waals surface area (Å²) in [5.74, 6) is 0.539. The summed E-state index contributed by atoms with van der Waals surface area (Å²) in [6.45, 7) is 9.00. The van der Waals surface area contributed by atoms with E-state index in [1.165, 1.54) is 0 Å². The highest BCUT2D eigenvalue weighted by molar-refractivity contribution is 5.77. The van der Waals surface area contributed by atoms with E-state index in [0.717, 1.165) is 39.0 Å². The zero-order chi connectivity index (χ0) is 12.0. The van der Waals surface area contributed by atoms with Gasteiger partial charge in [-0.15, -0.1) is 0 Å². The molecule has 1 heterocycles. The zero-order valence-electron chi connectivity index (χ0n) is 10.8. The molecule has 1 aliphatic heterocycles. The molecular weight excluding hydrogens is 202 g/mol. The Hall–Kier alpha value is -0.770. The summed E-state index contributed by atoms with van der Waals surface area (Å²) in [5, 5.41) is 3.12. The minimum absolute atomic E-state index is 0.232. The number of hydrogen-bond donors (Lipinski definition) is 2. The first-order chi connectivity index (χ1) is 7.53. The van der Waals surface area contributed by atoms with Gasteiger partial charge in [-0.05, 0) is 24.7 Å². The molecule has 16 heavy (non-hydrogen) atoms. The lowest BCUT2D eigenvalue weighted by Gasteiger charge is -2.20. The summed E-state index contributed by atoms with van der Waals surface area (Å²) >= 11 is 0. The van der Waals surface area contributed by atoms with Crippen LogP contribution in [0, 0.1) is 5.41 Å². The van der Waals surface area contributed by atoms with Crippen LogP contribution in [-0.4, -0.2) is 31.8 Å². The Bertz CT molecular complexity index is 232. The number of nitrogens with one attached hydrogen (secondary N) is 1. The van der Waals surface area contributed by atoms with Gasteiger partial charge in [-0.1, -0.05) is 20.8 Å². The highest BCUT2D eigenvalue weighted by atomic mass is 16.5. The fourth-order valence-corrected chi connectivity index (χ4v) is 1.49. The van der Waals surface area contributed by atoms with E-state index in [-0.39, 0.29) is 5.41 Å². The van der Waals surface area contributed by atoms with Crippen LogP contribution in [0.4, 0.5) is 0 Å². The first kappa shape index (κ1) is 13.3. The zero-order valence-corrected chi connectivity index (χ0v) is 10.8. The molecule has 4 heteroatoms. The molecule has 0 aliphatic carbocycles. The quantitative estimate of drug-likeness (QED) is 0.553. The normalized spacial score (nSPS) is 22.4. The summed E-state index contributed by atoms with van der Waals surface area (Å²) in [5.41, 5.74) is 6.03. The highest BCUT2D eigenvalue weighted by Crippen LogP contribution is 2.19. The van der Waals surface area contributed by atoms with Crippen LogP contribution in [-0.2, 0) is 4.74 Å². The Morgan fingerprint density at radius 2 is 2.31 bits per heavy atom. The van der Waals surface area contributed by atoms with E-state index >= 15 is 0 Å². The second-order valence-corrected chi connectivity index (χ2v) is 5.24. The molecule has 94 valence electrons. The predicted octanol–water partition coefficient (Wildman–Crippen LogP) is 1.51. The summed E-state index contributed by atoms with van der Waals surface area (Å²) in [6.07, 6.45) is 3.70. The second kappa shape index (κ2) is 6.09. The van der Waals surface area contributed by atoms with Crippen molar-refractivity contribution in [2.24, 2.45) is 16.1 Å². The topological polar surface area (TPSA) is 59.6 Å². The first-order valence-electron chi connectivity index (χ1n) is 6.19. The highest BCUT2D eigenvalue weighted by Gasteiger charge is 2.16. The van der Waals surface area contributed by atoms with E-state index in [4.69, 9.17) is 10.5 Å². The van der Waals surface area contributed by atoms with Crippen LogP contribution in [0.15, 0.2) is 4.99 Å². The minimum atomic E-state index is 0.232. The van der Waals surface area contributed by atoms with Crippen LogP contribution < -0.4 is 11.1 Å². The SMILES string of the molecule is CCC(C)(C)CN=C(N)NCC1CCCO1. The molecule has 1 fully saturated rings. The maximum atomic E-state index is 5.80. The van der Waals surface area contributed by atoms with E-state index in [2.05, 4.69) is 31.1 Å². The van der Waals surface area contributed by atoms with E-state index in [9.17, 15) is 0 Å². The van der Waals surface area contributed by atoms with Crippen molar-refractivity contribution in [3.63, 3.8) is 0 Å². The monoisotopic (exact) mass is 227 g/mol. The third-order valence-electron chi connectivity index (χ3n) is 3.17. The van der Waals surface area contributed by atoms with Crippen molar-refractivity contribution in [1.29, 1.82) is 0 Å². The molecule has 1 unspecified atom stereocenters. The van der Waals surface area contributed by atoms with Crippen LogP contribution in [0.2, 0.25) is 0 Å². The number of nitrogens with two attached hydrogens (primary N) is 1. The van der Waals surface area contributed by atoms with E-state index < -0.39 is 0 Å². The molecule has 0 aromatic carbocycles. The van der Waals surface area contributed by atoms with Gasteiger partial charge in [0.05, 0.1) is 6.10 Å². The van der Waals surface area contributed by atoms with Crippen molar-refractivity contribution in [3.8, 4) is 0 Å². The predicted molar refractivity (Wildman–Crippen MR) is 67.5 cm³/mol. The van der Waals surface area contributed by atoms with Crippen molar-refractivity contribution in [3.05, 3.63) is 0 Å². The van der Waals surface area contributed by atoms with E-state index in [1.807, 2.05) is 0 Å². The molecule has 1 rings (SSSR count). The number of hydrogen-bond acceptors (Lipinski definition) is 2. The van der Waals surface area contributed by atoms with Gasteiger partial charge in [-0.2, -0.15) is 0 Å². The molecule has 0 aromatic rings. The summed E-state index contributed by atoms with van der Waals surface area (Å²) < 4.78 is 5.50. The molecule has 0 spiro atoms. The Morgan fingerprint density at radius 3 is 2.88 bits per heavy atom. The Balaban J connectivity index is 2.22. The molecule has 1 aliphatic rings. The van der Waals surface area contributed by atoms with Crippen molar-refractivity contribution >= 4 is 5.96 Å². The average Bonchev–Trinajstić information content (AvgIpc) is 2.76. The first-order valence-corrected chi connectivity index (χ1v) is 6.19. The van der Waals surface area contributed by atoms with Gasteiger partial charge < -0.3 is 15.8 Å². The lowest BCUT2D eigenvalue weighted by molar-refractivity contribution is 0.114. The van der Waals surface area contributed by atoms with Gasteiger partial charge >= 0.3 is 0 Å². The maximum absolute atomic E-state index is 5.80. The Kier molecular flexibility index (Phi) is 5.06. The molecule has 0 aromatic heterocycles. The summed E-state index contributed by atoms with van der Waals surface area (Å²) in [6, 6.07) is 0. The Labute approximate surface area is 98.6 Å². The summed E-state index contributed by atoms with van der Waals surface area (Å²) in [4.78, 5) is 4.36. The van der Waals surface area contributed by atoms with Gasteiger partial charge in [-0.3, -0.25) is 4.99 Å². The average molecular weight is 227 g/mol. The fourth-order valence-electron chi connectivity index (χ4n) is 1.49. The Morgan fingerprint density at radius 1 is 1.56 bits per heavy atom. The number of rotatable bonds is 5. The van der Waals surface area contributed by atoms with Crippen molar-refractivity contribution in [1.82, 2.24) is 5.32 Å². The van der Waals surface area contributed by atoms with Gasteiger partial charge in [0.15, 0.2) is 5.96 Å². The maximum Gasteiger partial charge on any atom is 0.188 e. The minimum Gasteiger partial charge on any atom is -0.376 e. The third-order valence-corrected chi connectivity index (χ3v) is 3.17. The van der Waals surface area contributed by atoms with Crippen LogP contribution in [0.3, 0.4) is 0 Å². The molecule has 1 saturated heterocycles. The number of guanidine groups is 1. The molecule has 4 nitrogen and oxygen atoms in total. The van der Waals surface area contributed by atoms with Crippen molar-refractivity contribution < 1.29 is 4.74 Å². The van der Waals surface area contributed by atoms with Gasteiger partial charge in [0, 0.05) is 19.7 Å². The number of aliphatic imine (C=N–C) groups is 1. The van der Waals surface area contributed by atoms with Gasteiger partial charge in [0.1, 0.15) is 0 Å². The van der Waals surface area contributed by atoms with Crippen molar-refractivity contribution in [2.45, 2.75) is 46.1 Å². The molecule has 0 saturated carbocycles. The molecule has 0 radical (unpaired) electrons. The summed E-state index contributed by atoms with van der Waals surface area (Å²) in [7, 11) is 0. The van der Waals surface area contributed by atoms with Crippen LogP contribution in [0.25, 0.3) is 0 Å². The molecule has 1 atom stereocenters.